The van der Waals surface area contributed by atoms with Gasteiger partial charge in [-0.1, -0.05) is 6.08 Å². The third-order valence-corrected chi connectivity index (χ3v) is 5.14. The van der Waals surface area contributed by atoms with E-state index in [0.717, 1.165) is 32.2 Å². The molecule has 2 heterocycles. The van der Waals surface area contributed by atoms with E-state index < -0.39 is 0 Å². The monoisotopic (exact) mass is 246 g/mol. The first-order valence-electron chi connectivity index (χ1n) is 7.33. The van der Waals surface area contributed by atoms with E-state index in [9.17, 15) is 0 Å². The van der Waals surface area contributed by atoms with Crippen molar-refractivity contribution >= 4 is 0 Å². The van der Waals surface area contributed by atoms with E-state index in [4.69, 9.17) is 4.74 Å². The number of nitrogens with zero attached hydrogens (tertiary/aromatic N) is 1. The summed E-state index contributed by atoms with van der Waals surface area (Å²) in [6, 6.07) is 0. The zero-order chi connectivity index (χ0) is 12.0. The lowest BCUT2D eigenvalue weighted by molar-refractivity contribution is 0.0519. The Kier molecular flexibility index (Phi) is 2.52. The lowest BCUT2D eigenvalue weighted by Gasteiger charge is -2.33. The molecule has 2 unspecified atom stereocenters. The van der Waals surface area contributed by atoms with Gasteiger partial charge in [0, 0.05) is 30.7 Å². The van der Waals surface area contributed by atoms with Crippen molar-refractivity contribution in [2.75, 3.05) is 39.4 Å². The first-order valence-corrected chi connectivity index (χ1v) is 7.33. The normalized spacial score (nSPS) is 39.1. The van der Waals surface area contributed by atoms with Crippen molar-refractivity contribution < 1.29 is 4.74 Å². The molecule has 2 saturated heterocycles. The van der Waals surface area contributed by atoms with Crippen LogP contribution in [0.5, 0.6) is 0 Å². The van der Waals surface area contributed by atoms with Crippen LogP contribution in [-0.2, 0) is 4.74 Å². The van der Waals surface area contributed by atoms with Crippen LogP contribution in [0.25, 0.3) is 0 Å². The second-order valence-corrected chi connectivity index (χ2v) is 6.12. The van der Waals surface area contributed by atoms with Gasteiger partial charge in [-0.2, -0.15) is 0 Å². The first kappa shape index (κ1) is 11.1. The van der Waals surface area contributed by atoms with Gasteiger partial charge in [0.1, 0.15) is 0 Å². The molecule has 3 nitrogen and oxygen atoms in total. The highest BCUT2D eigenvalue weighted by Crippen LogP contribution is 2.60. The lowest BCUT2D eigenvalue weighted by atomic mass is 9.89. The zero-order valence-corrected chi connectivity index (χ0v) is 11.0. The number of allylic oxidation sites excluding steroid dienone is 3. The fourth-order valence-corrected chi connectivity index (χ4v) is 3.92. The van der Waals surface area contributed by atoms with Gasteiger partial charge in [0.15, 0.2) is 0 Å². The number of hydrogen-bond acceptors (Lipinski definition) is 3. The third kappa shape index (κ3) is 1.64. The van der Waals surface area contributed by atoms with Crippen LogP contribution in [0.2, 0.25) is 0 Å². The van der Waals surface area contributed by atoms with Crippen LogP contribution < -0.4 is 5.32 Å². The molecule has 3 fully saturated rings. The summed E-state index contributed by atoms with van der Waals surface area (Å²) in [6.07, 6.45) is 8.86. The molecule has 0 spiro atoms. The molecule has 0 aromatic rings. The molecule has 0 aromatic heterocycles. The molecule has 1 N–H and O–H groups in total. The van der Waals surface area contributed by atoms with Crippen LogP contribution in [-0.4, -0.2) is 44.3 Å². The van der Waals surface area contributed by atoms with Crippen LogP contribution in [0.15, 0.2) is 23.4 Å². The van der Waals surface area contributed by atoms with E-state index in [2.05, 4.69) is 22.4 Å². The Balaban J connectivity index is 1.55. The quantitative estimate of drug-likeness (QED) is 0.800. The van der Waals surface area contributed by atoms with Crippen LogP contribution in [0.1, 0.15) is 19.3 Å². The summed E-state index contributed by atoms with van der Waals surface area (Å²) in [4.78, 5) is 2.53. The smallest absolute Gasteiger partial charge is 0.0642 e. The predicted octanol–water partition coefficient (Wildman–Crippen LogP) is 1.53. The highest BCUT2D eigenvalue weighted by atomic mass is 16.5. The molecular weight excluding hydrogens is 224 g/mol. The van der Waals surface area contributed by atoms with Gasteiger partial charge in [-0.3, -0.25) is 0 Å². The Hall–Kier alpha value is -0.800. The minimum absolute atomic E-state index is 0.526. The topological polar surface area (TPSA) is 24.5 Å². The number of nitrogens with one attached hydrogen (secondary N) is 1. The average molecular weight is 246 g/mol. The summed E-state index contributed by atoms with van der Waals surface area (Å²) in [5, 5.41) is 3.55. The molecule has 2 aliphatic heterocycles. The van der Waals surface area contributed by atoms with Gasteiger partial charge in [0.2, 0.25) is 0 Å². The molecule has 0 bridgehead atoms. The van der Waals surface area contributed by atoms with Crippen molar-refractivity contribution in [2.45, 2.75) is 19.3 Å². The number of morpholine rings is 1. The van der Waals surface area contributed by atoms with E-state index in [-0.39, 0.29) is 0 Å². The summed E-state index contributed by atoms with van der Waals surface area (Å²) in [7, 11) is 0. The molecule has 2 aliphatic carbocycles. The first-order chi connectivity index (χ1) is 8.88. The highest BCUT2D eigenvalue weighted by molar-refractivity contribution is 5.40. The molecule has 1 saturated carbocycles. The molecule has 2 atom stereocenters. The maximum Gasteiger partial charge on any atom is 0.0642 e. The molecule has 4 aliphatic rings. The van der Waals surface area contributed by atoms with Crippen molar-refractivity contribution in [3.63, 3.8) is 0 Å². The summed E-state index contributed by atoms with van der Waals surface area (Å²) < 4.78 is 5.45. The number of piperidine rings is 1. The van der Waals surface area contributed by atoms with Gasteiger partial charge in [-0.15, -0.1) is 0 Å². The number of ether oxygens (including phenoxy) is 1. The standard InChI is InChI=1S/C15H22N2O/c1-2-12(15-9-13(15)10-16-11-15)8-14(3-1)17-4-6-18-7-5-17/h2,8,13,16H,1,3-7,9-11H2. The predicted molar refractivity (Wildman–Crippen MR) is 71.2 cm³/mol. The lowest BCUT2D eigenvalue weighted by Crippen LogP contribution is -2.36. The second kappa shape index (κ2) is 4.10. The largest absolute Gasteiger partial charge is 0.378 e. The van der Waals surface area contributed by atoms with Gasteiger partial charge in [0.25, 0.3) is 0 Å². The van der Waals surface area contributed by atoms with Crippen molar-refractivity contribution in [1.29, 1.82) is 0 Å². The second-order valence-electron chi connectivity index (χ2n) is 6.12. The Morgan fingerprint density at radius 3 is 2.94 bits per heavy atom. The van der Waals surface area contributed by atoms with Gasteiger partial charge in [-0.25, -0.2) is 0 Å². The van der Waals surface area contributed by atoms with Crippen molar-refractivity contribution in [3.8, 4) is 0 Å². The van der Waals surface area contributed by atoms with Crippen molar-refractivity contribution in [3.05, 3.63) is 23.4 Å². The van der Waals surface area contributed by atoms with Gasteiger partial charge < -0.3 is 15.0 Å². The van der Waals surface area contributed by atoms with Crippen LogP contribution in [0.4, 0.5) is 0 Å². The number of rotatable bonds is 2. The van der Waals surface area contributed by atoms with Gasteiger partial charge >= 0.3 is 0 Å². The van der Waals surface area contributed by atoms with E-state index >= 15 is 0 Å². The van der Waals surface area contributed by atoms with Crippen molar-refractivity contribution in [2.24, 2.45) is 11.3 Å². The average Bonchev–Trinajstić information content (AvgIpc) is 3.02. The minimum Gasteiger partial charge on any atom is -0.378 e. The van der Waals surface area contributed by atoms with Gasteiger partial charge in [-0.05, 0) is 43.4 Å². The third-order valence-electron chi connectivity index (χ3n) is 5.14. The number of hydrogen-bond donors (Lipinski definition) is 1. The fraction of sp³-hybridized carbons (Fsp3) is 0.733. The van der Waals surface area contributed by atoms with Crippen LogP contribution in [0.3, 0.4) is 0 Å². The van der Waals surface area contributed by atoms with E-state index in [0.29, 0.717) is 5.41 Å². The molecular formula is C15H22N2O. The molecule has 3 heteroatoms. The minimum atomic E-state index is 0.526. The zero-order valence-electron chi connectivity index (χ0n) is 11.0. The molecule has 0 amide bonds. The maximum absolute atomic E-state index is 5.45. The van der Waals surface area contributed by atoms with E-state index in [1.165, 1.54) is 32.4 Å². The summed E-state index contributed by atoms with van der Waals surface area (Å²) in [5.74, 6) is 0.920. The summed E-state index contributed by atoms with van der Waals surface area (Å²) >= 11 is 0. The molecule has 0 aromatic carbocycles. The Morgan fingerprint density at radius 2 is 2.22 bits per heavy atom. The molecule has 98 valence electrons. The van der Waals surface area contributed by atoms with Crippen LogP contribution in [0, 0.1) is 11.3 Å². The fourth-order valence-electron chi connectivity index (χ4n) is 3.92. The van der Waals surface area contributed by atoms with Crippen LogP contribution >= 0.6 is 0 Å². The van der Waals surface area contributed by atoms with Crippen molar-refractivity contribution in [1.82, 2.24) is 10.2 Å². The SMILES string of the molecule is C1=C(N2CCOCC2)CCC=C1C12CNCC1C2. The molecule has 18 heavy (non-hydrogen) atoms. The number of fused-ring (bicyclic) bond motifs is 1. The summed E-state index contributed by atoms with van der Waals surface area (Å²) in [5.41, 5.74) is 3.71. The van der Waals surface area contributed by atoms with E-state index in [1.807, 2.05) is 0 Å². The maximum atomic E-state index is 5.45. The molecule has 4 rings (SSSR count). The molecule has 0 radical (unpaired) electrons. The Morgan fingerprint density at radius 1 is 1.33 bits per heavy atom. The Bertz CT molecular complexity index is 409. The van der Waals surface area contributed by atoms with Gasteiger partial charge in [0.05, 0.1) is 13.2 Å². The highest BCUT2D eigenvalue weighted by Gasteiger charge is 2.58. The summed E-state index contributed by atoms with van der Waals surface area (Å²) in [6.45, 7) is 6.38. The van der Waals surface area contributed by atoms with E-state index in [1.54, 1.807) is 11.3 Å². The Labute approximate surface area is 109 Å².